The van der Waals surface area contributed by atoms with E-state index < -0.39 is 0 Å². The lowest BCUT2D eigenvalue weighted by molar-refractivity contribution is 0.430. The smallest absolute Gasteiger partial charge is 0.111 e. The van der Waals surface area contributed by atoms with Crippen LogP contribution in [-0.2, 0) is 0 Å². The fourth-order valence-corrected chi connectivity index (χ4v) is 0.713. The molecule has 0 radical (unpaired) electrons. The van der Waals surface area contributed by atoms with E-state index in [0.29, 0.717) is 5.76 Å². The molecule has 0 fully saturated rings. The molecule has 1 N–H and O–H groups in total. The van der Waals surface area contributed by atoms with Crippen LogP contribution in [-0.4, -0.2) is 5.11 Å². The summed E-state index contributed by atoms with van der Waals surface area (Å²) >= 11 is 0. The predicted molar refractivity (Wildman–Crippen MR) is 38.2 cm³/mol. The van der Waals surface area contributed by atoms with E-state index in [0.717, 1.165) is 6.42 Å². The fraction of sp³-hybridized carbons (Fsp3) is 0.250. The van der Waals surface area contributed by atoms with Gasteiger partial charge in [0.2, 0.25) is 0 Å². The van der Waals surface area contributed by atoms with E-state index in [1.807, 2.05) is 19.1 Å². The molecule has 0 aromatic carbocycles. The van der Waals surface area contributed by atoms with Crippen LogP contribution >= 0.6 is 0 Å². The molecule has 0 saturated carbocycles. The highest BCUT2D eigenvalue weighted by Crippen LogP contribution is 2.07. The average Bonchev–Trinajstić information content (AvgIpc) is 1.97. The third-order valence-corrected chi connectivity index (χ3v) is 1.28. The largest absolute Gasteiger partial charge is 0.508 e. The maximum absolute atomic E-state index is 8.95. The first kappa shape index (κ1) is 6.14. The summed E-state index contributed by atoms with van der Waals surface area (Å²) in [5.41, 5.74) is 1.27. The van der Waals surface area contributed by atoms with E-state index >= 15 is 0 Å². The van der Waals surface area contributed by atoms with Gasteiger partial charge in [-0.2, -0.15) is 0 Å². The first-order valence-electron chi connectivity index (χ1n) is 3.02. The van der Waals surface area contributed by atoms with Gasteiger partial charge in [-0.25, -0.2) is 0 Å². The van der Waals surface area contributed by atoms with Crippen LogP contribution in [0.25, 0.3) is 0 Å². The summed E-state index contributed by atoms with van der Waals surface area (Å²) in [7, 11) is 0. The van der Waals surface area contributed by atoms with Gasteiger partial charge in [0.25, 0.3) is 0 Å². The summed E-state index contributed by atoms with van der Waals surface area (Å²) in [5, 5.41) is 8.95. The summed E-state index contributed by atoms with van der Waals surface area (Å²) in [6.07, 6.45) is 8.21. The quantitative estimate of drug-likeness (QED) is 0.522. The van der Waals surface area contributed by atoms with Gasteiger partial charge in [-0.1, -0.05) is 17.7 Å². The van der Waals surface area contributed by atoms with Gasteiger partial charge in [-0.05, 0) is 25.5 Å². The third-order valence-electron chi connectivity index (χ3n) is 1.28. The molecule has 0 heterocycles. The molecule has 0 atom stereocenters. The van der Waals surface area contributed by atoms with E-state index in [9.17, 15) is 0 Å². The zero-order valence-corrected chi connectivity index (χ0v) is 5.46. The lowest BCUT2D eigenvalue weighted by Crippen LogP contribution is -1.72. The zero-order valence-electron chi connectivity index (χ0n) is 5.46. The van der Waals surface area contributed by atoms with Gasteiger partial charge in [0.1, 0.15) is 5.76 Å². The van der Waals surface area contributed by atoms with Crippen molar-refractivity contribution >= 4 is 0 Å². The van der Waals surface area contributed by atoms with Crippen LogP contribution in [0.3, 0.4) is 0 Å². The summed E-state index contributed by atoms with van der Waals surface area (Å²) in [4.78, 5) is 0. The van der Waals surface area contributed by atoms with Gasteiger partial charge in [0.05, 0.1) is 0 Å². The number of allylic oxidation sites excluding steroid dienone is 5. The van der Waals surface area contributed by atoms with Crippen molar-refractivity contribution in [2.45, 2.75) is 13.3 Å². The van der Waals surface area contributed by atoms with E-state index in [1.165, 1.54) is 5.57 Å². The molecular weight excluding hydrogens is 112 g/mol. The molecule has 0 spiro atoms. The predicted octanol–water partition coefficient (Wildman–Crippen LogP) is 2.33. The Balaban J connectivity index is 2.75. The highest BCUT2D eigenvalue weighted by Gasteiger charge is 1.90. The van der Waals surface area contributed by atoms with Crippen molar-refractivity contribution in [2.75, 3.05) is 0 Å². The highest BCUT2D eigenvalue weighted by molar-refractivity contribution is 5.24. The SMILES string of the molecule is CC1=CC=CC(O)=CC1. The molecule has 0 saturated heterocycles. The zero-order chi connectivity index (χ0) is 6.69. The van der Waals surface area contributed by atoms with Crippen molar-refractivity contribution in [3.63, 3.8) is 0 Å². The molecule has 0 unspecified atom stereocenters. The van der Waals surface area contributed by atoms with Crippen molar-refractivity contribution in [2.24, 2.45) is 0 Å². The first-order valence-corrected chi connectivity index (χ1v) is 3.02. The van der Waals surface area contributed by atoms with Crippen LogP contribution in [0.2, 0.25) is 0 Å². The Morgan fingerprint density at radius 2 is 2.33 bits per heavy atom. The normalized spacial score (nSPS) is 18.3. The van der Waals surface area contributed by atoms with E-state index in [-0.39, 0.29) is 0 Å². The first-order chi connectivity index (χ1) is 4.29. The number of aliphatic hydroxyl groups is 1. The molecule has 1 aliphatic carbocycles. The summed E-state index contributed by atoms with van der Waals surface area (Å²) in [5.74, 6) is 0.364. The van der Waals surface area contributed by atoms with Crippen LogP contribution < -0.4 is 0 Å². The molecule has 1 nitrogen and oxygen atoms in total. The van der Waals surface area contributed by atoms with Gasteiger partial charge < -0.3 is 5.11 Å². The van der Waals surface area contributed by atoms with Crippen molar-refractivity contribution in [3.8, 4) is 0 Å². The average molecular weight is 122 g/mol. The Hall–Kier alpha value is -0.980. The van der Waals surface area contributed by atoms with Crippen LogP contribution in [0.15, 0.2) is 35.6 Å². The third kappa shape index (κ3) is 1.76. The summed E-state index contributed by atoms with van der Waals surface area (Å²) in [6, 6.07) is 0. The number of hydrogen-bond acceptors (Lipinski definition) is 1. The Bertz CT molecular complexity index is 182. The molecule has 0 bridgehead atoms. The Labute approximate surface area is 55.0 Å². The minimum atomic E-state index is 0.364. The van der Waals surface area contributed by atoms with Crippen LogP contribution in [0.5, 0.6) is 0 Å². The molecular formula is C8H10O. The maximum Gasteiger partial charge on any atom is 0.111 e. The molecule has 9 heavy (non-hydrogen) atoms. The summed E-state index contributed by atoms with van der Waals surface area (Å²) in [6.45, 7) is 2.04. The molecule has 48 valence electrons. The van der Waals surface area contributed by atoms with Crippen molar-refractivity contribution in [1.82, 2.24) is 0 Å². The van der Waals surface area contributed by atoms with E-state index in [4.69, 9.17) is 5.11 Å². The van der Waals surface area contributed by atoms with Gasteiger partial charge in [0.15, 0.2) is 0 Å². The Morgan fingerprint density at radius 3 is 3.11 bits per heavy atom. The second-order valence-corrected chi connectivity index (χ2v) is 2.21. The van der Waals surface area contributed by atoms with E-state index in [1.54, 1.807) is 12.2 Å². The minimum absolute atomic E-state index is 0.364. The van der Waals surface area contributed by atoms with Gasteiger partial charge in [-0.3, -0.25) is 0 Å². The lowest BCUT2D eigenvalue weighted by Gasteiger charge is -1.88. The second kappa shape index (κ2) is 2.53. The Kier molecular flexibility index (Phi) is 1.73. The van der Waals surface area contributed by atoms with Crippen molar-refractivity contribution in [1.29, 1.82) is 0 Å². The fourth-order valence-electron chi connectivity index (χ4n) is 0.713. The highest BCUT2D eigenvalue weighted by atomic mass is 16.3. The molecule has 1 aliphatic rings. The lowest BCUT2D eigenvalue weighted by atomic mass is 10.2. The molecule has 0 aromatic heterocycles. The van der Waals surface area contributed by atoms with Crippen molar-refractivity contribution < 1.29 is 5.11 Å². The van der Waals surface area contributed by atoms with Crippen molar-refractivity contribution in [3.05, 3.63) is 35.6 Å². The standard InChI is InChI=1S/C8H10O/c1-7-3-2-4-8(9)6-5-7/h2-4,6,9H,5H2,1H3. The maximum atomic E-state index is 8.95. The van der Waals surface area contributed by atoms with Gasteiger partial charge in [0, 0.05) is 0 Å². The van der Waals surface area contributed by atoms with Crippen LogP contribution in [0.1, 0.15) is 13.3 Å². The van der Waals surface area contributed by atoms with Crippen LogP contribution in [0, 0.1) is 0 Å². The minimum Gasteiger partial charge on any atom is -0.508 e. The second-order valence-electron chi connectivity index (χ2n) is 2.21. The molecule has 1 rings (SSSR count). The number of rotatable bonds is 0. The Morgan fingerprint density at radius 1 is 1.56 bits per heavy atom. The molecule has 0 aromatic rings. The number of hydrogen-bond donors (Lipinski definition) is 1. The summed E-state index contributed by atoms with van der Waals surface area (Å²) < 4.78 is 0. The monoisotopic (exact) mass is 122 g/mol. The molecule has 0 amide bonds. The molecule has 1 heteroatoms. The van der Waals surface area contributed by atoms with Crippen LogP contribution in [0.4, 0.5) is 0 Å². The van der Waals surface area contributed by atoms with Gasteiger partial charge in [-0.15, -0.1) is 0 Å². The molecule has 0 aliphatic heterocycles. The van der Waals surface area contributed by atoms with E-state index in [2.05, 4.69) is 0 Å². The number of aliphatic hydroxyl groups excluding tert-OH is 1. The topological polar surface area (TPSA) is 20.2 Å². The van der Waals surface area contributed by atoms with Gasteiger partial charge >= 0.3 is 0 Å².